The van der Waals surface area contributed by atoms with Gasteiger partial charge in [0.15, 0.2) is 0 Å². The predicted molar refractivity (Wildman–Crippen MR) is 101 cm³/mol. The molecule has 1 saturated carbocycles. The molecular formula is C22H30O5. The van der Waals surface area contributed by atoms with E-state index in [1.807, 2.05) is 13.8 Å². The third-order valence-electron chi connectivity index (χ3n) is 6.88. The van der Waals surface area contributed by atoms with Gasteiger partial charge in [0.05, 0.1) is 6.26 Å². The van der Waals surface area contributed by atoms with Crippen molar-refractivity contribution in [1.29, 1.82) is 0 Å². The van der Waals surface area contributed by atoms with Crippen LogP contribution >= 0.6 is 0 Å². The minimum Gasteiger partial charge on any atom is -0.469 e. The standard InChI is InChI=1S/C22H30O5/c1-7-12(2)21(24)27-17-9-8-16-10-18-19(13(3)11-25-18)20(26-15(5)23)22(16,6)14(17)4/h7,11,14,16-17,20H,8-10H2,1-6H3/b12-7-/t14-,16+,17+,20+,22+/m0/s1. The first-order valence-corrected chi connectivity index (χ1v) is 9.78. The third kappa shape index (κ3) is 3.21. The maximum absolute atomic E-state index is 12.3. The minimum absolute atomic E-state index is 0.0525. The summed E-state index contributed by atoms with van der Waals surface area (Å²) in [5.74, 6) is 0.721. The zero-order valence-electron chi connectivity index (χ0n) is 17.1. The van der Waals surface area contributed by atoms with Crippen LogP contribution < -0.4 is 0 Å². The maximum Gasteiger partial charge on any atom is 0.333 e. The average molecular weight is 374 g/mol. The van der Waals surface area contributed by atoms with E-state index in [1.165, 1.54) is 6.92 Å². The lowest BCUT2D eigenvalue weighted by Gasteiger charge is -2.54. The highest BCUT2D eigenvalue weighted by Crippen LogP contribution is 2.60. The Kier molecular flexibility index (Phi) is 5.24. The van der Waals surface area contributed by atoms with Gasteiger partial charge in [-0.1, -0.05) is 19.9 Å². The van der Waals surface area contributed by atoms with Gasteiger partial charge in [-0.05, 0) is 45.1 Å². The van der Waals surface area contributed by atoms with Gasteiger partial charge in [0.2, 0.25) is 0 Å². The highest BCUT2D eigenvalue weighted by atomic mass is 16.6. The molecule has 0 bridgehead atoms. The van der Waals surface area contributed by atoms with Crippen LogP contribution in [0.15, 0.2) is 22.3 Å². The second-order valence-corrected chi connectivity index (χ2v) is 8.29. The lowest BCUT2D eigenvalue weighted by molar-refractivity contribution is -0.184. The van der Waals surface area contributed by atoms with Crippen molar-refractivity contribution in [3.05, 3.63) is 34.8 Å². The molecule has 0 unspecified atom stereocenters. The topological polar surface area (TPSA) is 65.7 Å². The Labute approximate surface area is 161 Å². The third-order valence-corrected chi connectivity index (χ3v) is 6.88. The van der Waals surface area contributed by atoms with Crippen LogP contribution in [-0.2, 0) is 25.5 Å². The van der Waals surface area contributed by atoms with Gasteiger partial charge in [0, 0.05) is 35.8 Å². The fourth-order valence-corrected chi connectivity index (χ4v) is 4.89. The summed E-state index contributed by atoms with van der Waals surface area (Å²) >= 11 is 0. The molecule has 3 rings (SSSR count). The zero-order valence-corrected chi connectivity index (χ0v) is 17.1. The van der Waals surface area contributed by atoms with E-state index in [4.69, 9.17) is 13.9 Å². The number of rotatable bonds is 3. The second-order valence-electron chi connectivity index (χ2n) is 8.29. The second kappa shape index (κ2) is 7.17. The molecule has 1 heterocycles. The van der Waals surface area contributed by atoms with E-state index in [-0.39, 0.29) is 35.5 Å². The van der Waals surface area contributed by atoms with Crippen LogP contribution in [0.4, 0.5) is 0 Å². The summed E-state index contributed by atoms with van der Waals surface area (Å²) in [6.45, 7) is 11.3. The Morgan fingerprint density at radius 3 is 2.59 bits per heavy atom. The summed E-state index contributed by atoms with van der Waals surface area (Å²) in [6.07, 6.45) is 5.48. The van der Waals surface area contributed by atoms with E-state index < -0.39 is 0 Å². The van der Waals surface area contributed by atoms with Crippen molar-refractivity contribution in [2.45, 2.75) is 73.0 Å². The van der Waals surface area contributed by atoms with Gasteiger partial charge < -0.3 is 13.9 Å². The van der Waals surface area contributed by atoms with Gasteiger partial charge in [-0.15, -0.1) is 0 Å². The molecule has 5 nitrogen and oxygen atoms in total. The maximum atomic E-state index is 12.3. The number of fused-ring (bicyclic) bond motifs is 2. The molecule has 148 valence electrons. The molecule has 0 aromatic carbocycles. The van der Waals surface area contributed by atoms with Gasteiger partial charge in [-0.2, -0.15) is 0 Å². The van der Waals surface area contributed by atoms with E-state index in [0.717, 1.165) is 36.1 Å². The molecule has 0 spiro atoms. The number of ether oxygens (including phenoxy) is 2. The van der Waals surface area contributed by atoms with Crippen molar-refractivity contribution >= 4 is 11.9 Å². The number of carbonyl (C=O) groups excluding carboxylic acids is 2. The van der Waals surface area contributed by atoms with E-state index >= 15 is 0 Å². The van der Waals surface area contributed by atoms with Crippen molar-refractivity contribution in [3.8, 4) is 0 Å². The molecule has 1 aromatic heterocycles. The number of furan rings is 1. The van der Waals surface area contributed by atoms with E-state index in [0.29, 0.717) is 11.5 Å². The highest BCUT2D eigenvalue weighted by molar-refractivity contribution is 5.87. The fraction of sp³-hybridized carbons (Fsp3) is 0.636. The smallest absolute Gasteiger partial charge is 0.333 e. The molecule has 5 heteroatoms. The number of carbonyl (C=O) groups is 2. The van der Waals surface area contributed by atoms with Crippen molar-refractivity contribution in [2.24, 2.45) is 17.3 Å². The summed E-state index contributed by atoms with van der Waals surface area (Å²) in [6, 6.07) is 0. The molecule has 27 heavy (non-hydrogen) atoms. The van der Waals surface area contributed by atoms with Crippen molar-refractivity contribution < 1.29 is 23.5 Å². The molecule has 0 saturated heterocycles. The first-order valence-electron chi connectivity index (χ1n) is 9.78. The molecular weight excluding hydrogens is 344 g/mol. The molecule has 2 aliphatic rings. The van der Waals surface area contributed by atoms with Crippen LogP contribution in [0.2, 0.25) is 0 Å². The van der Waals surface area contributed by atoms with Gasteiger partial charge >= 0.3 is 11.9 Å². The fourth-order valence-electron chi connectivity index (χ4n) is 4.89. The van der Waals surface area contributed by atoms with Crippen LogP contribution in [0.25, 0.3) is 0 Å². The Balaban J connectivity index is 1.98. The Hall–Kier alpha value is -2.04. The first-order chi connectivity index (χ1) is 12.7. The van der Waals surface area contributed by atoms with Gasteiger partial charge in [0.1, 0.15) is 18.0 Å². The number of hydrogen-bond acceptors (Lipinski definition) is 5. The lowest BCUT2D eigenvalue weighted by Crippen LogP contribution is -2.53. The van der Waals surface area contributed by atoms with Gasteiger partial charge in [0.25, 0.3) is 0 Å². The highest BCUT2D eigenvalue weighted by Gasteiger charge is 2.57. The Morgan fingerprint density at radius 2 is 1.96 bits per heavy atom. The van der Waals surface area contributed by atoms with Crippen molar-refractivity contribution in [2.75, 3.05) is 0 Å². The predicted octanol–water partition coefficient (Wildman–Crippen LogP) is 4.68. The average Bonchev–Trinajstić information content (AvgIpc) is 2.98. The number of allylic oxidation sites excluding steroid dienone is 1. The summed E-state index contributed by atoms with van der Waals surface area (Å²) in [4.78, 5) is 24.3. The SMILES string of the molecule is C/C=C(/C)C(=O)O[C@@H]1CC[C@@H]2Cc3occ(C)c3[C@@H](OC(C)=O)[C@]2(C)[C@H]1C. The van der Waals surface area contributed by atoms with Crippen LogP contribution in [-0.4, -0.2) is 18.0 Å². The molecule has 5 atom stereocenters. The van der Waals surface area contributed by atoms with E-state index in [1.54, 1.807) is 19.3 Å². The van der Waals surface area contributed by atoms with Crippen molar-refractivity contribution in [3.63, 3.8) is 0 Å². The van der Waals surface area contributed by atoms with Crippen LogP contribution in [0.3, 0.4) is 0 Å². The van der Waals surface area contributed by atoms with Crippen LogP contribution in [0.1, 0.15) is 70.5 Å². The summed E-state index contributed by atoms with van der Waals surface area (Å²) in [5, 5.41) is 0. The minimum atomic E-state index is -0.387. The molecule has 1 aromatic rings. The lowest BCUT2D eigenvalue weighted by atomic mass is 9.53. The monoisotopic (exact) mass is 374 g/mol. The zero-order chi connectivity index (χ0) is 19.9. The van der Waals surface area contributed by atoms with Gasteiger partial charge in [-0.3, -0.25) is 4.79 Å². The largest absolute Gasteiger partial charge is 0.469 e. The first kappa shape index (κ1) is 19.7. The van der Waals surface area contributed by atoms with Crippen LogP contribution in [0.5, 0.6) is 0 Å². The summed E-state index contributed by atoms with van der Waals surface area (Å²) < 4.78 is 17.5. The molecule has 0 amide bonds. The molecule has 0 aliphatic heterocycles. The summed E-state index contributed by atoms with van der Waals surface area (Å²) in [7, 11) is 0. The number of esters is 2. The Morgan fingerprint density at radius 1 is 1.26 bits per heavy atom. The normalized spacial score (nSPS) is 33.0. The molecule has 2 aliphatic carbocycles. The molecule has 0 radical (unpaired) electrons. The van der Waals surface area contributed by atoms with Crippen molar-refractivity contribution in [1.82, 2.24) is 0 Å². The molecule has 0 N–H and O–H groups in total. The van der Waals surface area contributed by atoms with E-state index in [9.17, 15) is 9.59 Å². The molecule has 1 fully saturated rings. The number of aryl methyl sites for hydroxylation is 1. The van der Waals surface area contributed by atoms with Crippen LogP contribution in [0, 0.1) is 24.2 Å². The summed E-state index contributed by atoms with van der Waals surface area (Å²) in [5.41, 5.74) is 2.29. The quantitative estimate of drug-likeness (QED) is 0.568. The Bertz CT molecular complexity index is 774. The van der Waals surface area contributed by atoms with E-state index in [2.05, 4.69) is 13.8 Å². The number of hydrogen-bond donors (Lipinski definition) is 0. The van der Waals surface area contributed by atoms with Gasteiger partial charge in [-0.25, -0.2) is 4.79 Å².